The Morgan fingerprint density at radius 2 is 1.41 bits per heavy atom. The molecule has 0 fully saturated rings. The lowest BCUT2D eigenvalue weighted by Gasteiger charge is -2.12. The van der Waals surface area contributed by atoms with E-state index < -0.39 is 0 Å². The molecule has 0 aliphatic carbocycles. The molecule has 108 valence electrons. The Balaban J connectivity index is 2.11. The van der Waals surface area contributed by atoms with Crippen LogP contribution in [0.15, 0.2) is 72.8 Å². The second-order valence-corrected chi connectivity index (χ2v) is 4.98. The summed E-state index contributed by atoms with van der Waals surface area (Å²) in [5.74, 6) is 0.00822. The first kappa shape index (κ1) is 13.9. The second kappa shape index (κ2) is 5.74. The lowest BCUT2D eigenvalue weighted by Crippen LogP contribution is -2.06. The topological polar surface area (TPSA) is 63.3 Å². The van der Waals surface area contributed by atoms with E-state index in [2.05, 4.69) is 0 Å². The van der Waals surface area contributed by atoms with E-state index >= 15 is 0 Å². The molecule has 0 spiro atoms. The van der Waals surface area contributed by atoms with Crippen molar-refractivity contribution in [2.45, 2.75) is 0 Å². The van der Waals surface area contributed by atoms with Gasteiger partial charge < -0.3 is 10.8 Å². The van der Waals surface area contributed by atoms with E-state index in [1.54, 1.807) is 48.5 Å². The van der Waals surface area contributed by atoms with Crippen molar-refractivity contribution in [1.29, 1.82) is 0 Å². The zero-order chi connectivity index (χ0) is 15.5. The Labute approximate surface area is 128 Å². The molecule has 0 aliphatic rings. The number of phenols is 1. The number of ketones is 1. The molecule has 3 N–H and O–H groups in total. The molecule has 0 radical (unpaired) electrons. The lowest BCUT2D eigenvalue weighted by molar-refractivity contribution is 0.103. The lowest BCUT2D eigenvalue weighted by atomic mass is 9.95. The normalized spacial score (nSPS) is 10.4. The van der Waals surface area contributed by atoms with Crippen LogP contribution >= 0.6 is 0 Å². The van der Waals surface area contributed by atoms with Crippen LogP contribution in [0.3, 0.4) is 0 Å². The number of nitrogens with two attached hydrogens (primary N) is 1. The van der Waals surface area contributed by atoms with E-state index in [1.165, 1.54) is 0 Å². The van der Waals surface area contributed by atoms with Crippen molar-refractivity contribution in [2.24, 2.45) is 0 Å². The van der Waals surface area contributed by atoms with Crippen LogP contribution in [0.4, 0.5) is 5.69 Å². The van der Waals surface area contributed by atoms with Gasteiger partial charge in [0.2, 0.25) is 0 Å². The smallest absolute Gasteiger partial charge is 0.195 e. The number of carbonyl (C=O) groups is 1. The van der Waals surface area contributed by atoms with Crippen LogP contribution < -0.4 is 5.73 Å². The molecule has 0 atom stereocenters. The van der Waals surface area contributed by atoms with Gasteiger partial charge in [0, 0.05) is 22.3 Å². The van der Waals surface area contributed by atoms with Crippen LogP contribution in [0.25, 0.3) is 11.1 Å². The van der Waals surface area contributed by atoms with Crippen LogP contribution in [-0.4, -0.2) is 10.9 Å². The summed E-state index contributed by atoms with van der Waals surface area (Å²) in [6.07, 6.45) is 0. The van der Waals surface area contributed by atoms with Crippen LogP contribution in [0, 0.1) is 0 Å². The fourth-order valence-electron chi connectivity index (χ4n) is 2.44. The Morgan fingerprint density at radius 1 is 0.773 bits per heavy atom. The number of aromatic hydroxyl groups is 1. The third kappa shape index (κ3) is 2.44. The molecule has 22 heavy (non-hydrogen) atoms. The summed E-state index contributed by atoms with van der Waals surface area (Å²) >= 11 is 0. The van der Waals surface area contributed by atoms with Gasteiger partial charge in [-0.15, -0.1) is 0 Å². The quantitative estimate of drug-likeness (QED) is 0.568. The molecule has 0 saturated heterocycles. The summed E-state index contributed by atoms with van der Waals surface area (Å²) < 4.78 is 0. The molecule has 0 aromatic heterocycles. The minimum atomic E-state index is -0.129. The predicted molar refractivity (Wildman–Crippen MR) is 87.8 cm³/mol. The predicted octanol–water partition coefficient (Wildman–Crippen LogP) is 3.87. The fraction of sp³-hybridized carbons (Fsp3) is 0. The Morgan fingerprint density at radius 3 is 2.14 bits per heavy atom. The number of benzene rings is 3. The summed E-state index contributed by atoms with van der Waals surface area (Å²) in [7, 11) is 0. The number of anilines is 1. The summed E-state index contributed by atoms with van der Waals surface area (Å²) in [4.78, 5) is 12.6. The highest BCUT2D eigenvalue weighted by atomic mass is 16.3. The van der Waals surface area contributed by atoms with Crippen molar-refractivity contribution in [1.82, 2.24) is 0 Å². The van der Waals surface area contributed by atoms with Gasteiger partial charge in [-0.05, 0) is 12.1 Å². The number of nitrogen functional groups attached to an aromatic ring is 1. The number of hydrogen-bond acceptors (Lipinski definition) is 3. The Bertz CT molecular complexity index is 826. The first-order valence-electron chi connectivity index (χ1n) is 6.95. The average molecular weight is 289 g/mol. The van der Waals surface area contributed by atoms with E-state index in [0.717, 1.165) is 0 Å². The standard InChI is InChI=1S/C19H15NO2/c20-18-15(14-9-4-5-12-17(14)21)10-6-11-16(18)19(22)13-7-2-1-3-8-13/h1-12,21H,20H2. The van der Waals surface area contributed by atoms with E-state index in [4.69, 9.17) is 5.73 Å². The molecule has 0 amide bonds. The van der Waals surface area contributed by atoms with Crippen molar-refractivity contribution in [3.05, 3.63) is 83.9 Å². The minimum absolute atomic E-state index is 0.129. The highest BCUT2D eigenvalue weighted by Gasteiger charge is 2.16. The van der Waals surface area contributed by atoms with Gasteiger partial charge in [0.05, 0.1) is 5.69 Å². The Hall–Kier alpha value is -3.07. The summed E-state index contributed by atoms with van der Waals surface area (Å²) in [5.41, 5.74) is 8.85. The van der Waals surface area contributed by atoms with Gasteiger partial charge in [-0.2, -0.15) is 0 Å². The van der Waals surface area contributed by atoms with Crippen LogP contribution in [0.5, 0.6) is 5.75 Å². The number of hydrogen-bond donors (Lipinski definition) is 2. The maximum absolute atomic E-state index is 12.6. The van der Waals surface area contributed by atoms with E-state index in [9.17, 15) is 9.90 Å². The van der Waals surface area contributed by atoms with E-state index in [-0.39, 0.29) is 11.5 Å². The monoisotopic (exact) mass is 289 g/mol. The van der Waals surface area contributed by atoms with Gasteiger partial charge in [-0.3, -0.25) is 4.79 Å². The molecule has 0 bridgehead atoms. The van der Waals surface area contributed by atoms with Crippen molar-refractivity contribution < 1.29 is 9.90 Å². The fourth-order valence-corrected chi connectivity index (χ4v) is 2.44. The zero-order valence-corrected chi connectivity index (χ0v) is 11.9. The molecule has 3 aromatic rings. The van der Waals surface area contributed by atoms with Gasteiger partial charge in [0.1, 0.15) is 5.75 Å². The molecular formula is C19H15NO2. The minimum Gasteiger partial charge on any atom is -0.507 e. The number of rotatable bonds is 3. The second-order valence-electron chi connectivity index (χ2n) is 4.98. The molecule has 3 aromatic carbocycles. The third-order valence-corrected chi connectivity index (χ3v) is 3.58. The highest BCUT2D eigenvalue weighted by molar-refractivity contribution is 6.13. The van der Waals surface area contributed by atoms with Gasteiger partial charge >= 0.3 is 0 Å². The van der Waals surface area contributed by atoms with Crippen LogP contribution in [0.2, 0.25) is 0 Å². The first-order chi connectivity index (χ1) is 10.7. The summed E-state index contributed by atoms with van der Waals surface area (Å²) in [6.45, 7) is 0. The third-order valence-electron chi connectivity index (χ3n) is 3.58. The highest BCUT2D eigenvalue weighted by Crippen LogP contribution is 2.35. The molecule has 0 saturated carbocycles. The van der Waals surface area contributed by atoms with E-state index in [0.29, 0.717) is 27.9 Å². The van der Waals surface area contributed by atoms with Gasteiger partial charge in [-0.1, -0.05) is 60.7 Å². The zero-order valence-electron chi connectivity index (χ0n) is 11.9. The van der Waals surface area contributed by atoms with Crippen molar-refractivity contribution in [3.63, 3.8) is 0 Å². The number of para-hydroxylation sites is 2. The first-order valence-corrected chi connectivity index (χ1v) is 6.95. The molecule has 3 rings (SSSR count). The Kier molecular flexibility index (Phi) is 3.62. The number of carbonyl (C=O) groups excluding carboxylic acids is 1. The van der Waals surface area contributed by atoms with E-state index in [1.807, 2.05) is 24.3 Å². The SMILES string of the molecule is Nc1c(C(=O)c2ccccc2)cccc1-c1ccccc1O. The molecular weight excluding hydrogens is 274 g/mol. The summed E-state index contributed by atoms with van der Waals surface area (Å²) in [5, 5.41) is 9.99. The van der Waals surface area contributed by atoms with Gasteiger partial charge in [0.15, 0.2) is 5.78 Å². The maximum Gasteiger partial charge on any atom is 0.195 e. The molecule has 0 unspecified atom stereocenters. The number of phenolic OH excluding ortho intramolecular Hbond substituents is 1. The molecule has 0 heterocycles. The average Bonchev–Trinajstić information content (AvgIpc) is 2.56. The molecule has 3 heteroatoms. The van der Waals surface area contributed by atoms with Crippen molar-refractivity contribution >= 4 is 11.5 Å². The molecule has 3 nitrogen and oxygen atoms in total. The van der Waals surface area contributed by atoms with Crippen molar-refractivity contribution in [3.8, 4) is 16.9 Å². The van der Waals surface area contributed by atoms with Crippen LogP contribution in [-0.2, 0) is 0 Å². The molecule has 0 aliphatic heterocycles. The van der Waals surface area contributed by atoms with Crippen LogP contribution in [0.1, 0.15) is 15.9 Å². The summed E-state index contributed by atoms with van der Waals surface area (Å²) in [6, 6.07) is 21.2. The van der Waals surface area contributed by atoms with Crippen molar-refractivity contribution in [2.75, 3.05) is 5.73 Å². The largest absolute Gasteiger partial charge is 0.507 e. The van der Waals surface area contributed by atoms with Gasteiger partial charge in [-0.25, -0.2) is 0 Å². The van der Waals surface area contributed by atoms with Gasteiger partial charge in [0.25, 0.3) is 0 Å². The maximum atomic E-state index is 12.6.